The van der Waals surface area contributed by atoms with Crippen molar-refractivity contribution >= 4 is 5.91 Å². The first-order valence-electron chi connectivity index (χ1n) is 8.61. The number of hydrogen-bond donors (Lipinski definition) is 1. The molecule has 1 aliphatic carbocycles. The van der Waals surface area contributed by atoms with E-state index in [-0.39, 0.29) is 5.91 Å². The van der Waals surface area contributed by atoms with Gasteiger partial charge in [-0.25, -0.2) is 4.98 Å². The largest absolute Gasteiger partial charge is 0.349 e. The van der Waals surface area contributed by atoms with Crippen molar-refractivity contribution in [3.63, 3.8) is 0 Å². The maximum absolute atomic E-state index is 12.5. The summed E-state index contributed by atoms with van der Waals surface area (Å²) in [6, 6.07) is 11.7. The van der Waals surface area contributed by atoms with Gasteiger partial charge >= 0.3 is 0 Å². The molecule has 0 bridgehead atoms. The van der Waals surface area contributed by atoms with Crippen LogP contribution < -0.4 is 5.32 Å². The lowest BCUT2D eigenvalue weighted by molar-refractivity contribution is 0.0943. The predicted molar refractivity (Wildman–Crippen MR) is 95.2 cm³/mol. The molecule has 2 heterocycles. The van der Waals surface area contributed by atoms with E-state index < -0.39 is 0 Å². The van der Waals surface area contributed by atoms with Gasteiger partial charge in [0.1, 0.15) is 11.5 Å². The second-order valence-corrected chi connectivity index (χ2v) is 6.41. The highest BCUT2D eigenvalue weighted by Crippen LogP contribution is 2.38. The first kappa shape index (κ1) is 15.6. The summed E-state index contributed by atoms with van der Waals surface area (Å²) >= 11 is 0. The average molecular weight is 335 g/mol. The standard InChI is InChI=1S/C19H21N5O/c1-23-17(13-16(22-23)14-5-3-2-4-6-14)19(25)21-10-12-24-11-9-20-18(24)15-7-8-15/h2-6,9,11,13,15H,7-8,10,12H2,1H3,(H,21,25). The molecule has 128 valence electrons. The van der Waals surface area contributed by atoms with Crippen LogP contribution in [0.25, 0.3) is 11.3 Å². The van der Waals surface area contributed by atoms with Gasteiger partial charge in [0.15, 0.2) is 0 Å². The molecule has 0 saturated heterocycles. The molecular weight excluding hydrogens is 314 g/mol. The van der Waals surface area contributed by atoms with Crippen LogP contribution in [-0.2, 0) is 13.6 Å². The number of nitrogens with zero attached hydrogens (tertiary/aromatic N) is 4. The lowest BCUT2D eigenvalue weighted by Crippen LogP contribution is -2.29. The van der Waals surface area contributed by atoms with E-state index in [1.165, 1.54) is 12.8 Å². The van der Waals surface area contributed by atoms with E-state index >= 15 is 0 Å². The quantitative estimate of drug-likeness (QED) is 0.753. The van der Waals surface area contributed by atoms with E-state index in [0.29, 0.717) is 18.2 Å². The summed E-state index contributed by atoms with van der Waals surface area (Å²) in [7, 11) is 1.79. The lowest BCUT2D eigenvalue weighted by Gasteiger charge is -2.08. The number of benzene rings is 1. The minimum Gasteiger partial charge on any atom is -0.349 e. The van der Waals surface area contributed by atoms with Crippen molar-refractivity contribution in [2.45, 2.75) is 25.3 Å². The van der Waals surface area contributed by atoms with Gasteiger partial charge in [-0.15, -0.1) is 0 Å². The summed E-state index contributed by atoms with van der Waals surface area (Å²) in [4.78, 5) is 16.9. The lowest BCUT2D eigenvalue weighted by atomic mass is 10.1. The van der Waals surface area contributed by atoms with Crippen molar-refractivity contribution in [3.05, 3.63) is 60.3 Å². The van der Waals surface area contributed by atoms with Crippen molar-refractivity contribution in [2.75, 3.05) is 6.54 Å². The van der Waals surface area contributed by atoms with Gasteiger partial charge in [-0.3, -0.25) is 9.48 Å². The molecule has 1 saturated carbocycles. The summed E-state index contributed by atoms with van der Waals surface area (Å²) in [5.74, 6) is 1.64. The Hall–Kier alpha value is -2.89. The molecule has 1 aliphatic rings. The van der Waals surface area contributed by atoms with E-state index in [0.717, 1.165) is 23.6 Å². The van der Waals surface area contributed by atoms with Crippen LogP contribution in [0.15, 0.2) is 48.8 Å². The van der Waals surface area contributed by atoms with Crippen molar-refractivity contribution in [1.29, 1.82) is 0 Å². The molecule has 6 heteroatoms. The number of aryl methyl sites for hydroxylation is 1. The third kappa shape index (κ3) is 3.33. The van der Waals surface area contributed by atoms with Gasteiger partial charge in [-0.1, -0.05) is 30.3 Å². The average Bonchev–Trinajstić information content (AvgIpc) is 3.24. The zero-order valence-corrected chi connectivity index (χ0v) is 14.2. The molecule has 0 unspecified atom stereocenters. The van der Waals surface area contributed by atoms with Crippen LogP contribution in [0, 0.1) is 0 Å². The van der Waals surface area contributed by atoms with Crippen molar-refractivity contribution in [2.24, 2.45) is 7.05 Å². The number of imidazole rings is 1. The molecule has 0 atom stereocenters. The topological polar surface area (TPSA) is 64.7 Å². The maximum atomic E-state index is 12.5. The van der Waals surface area contributed by atoms with Crippen LogP contribution in [0.2, 0.25) is 0 Å². The summed E-state index contributed by atoms with van der Waals surface area (Å²) in [6.45, 7) is 1.31. The zero-order valence-electron chi connectivity index (χ0n) is 14.2. The second kappa shape index (κ2) is 6.55. The second-order valence-electron chi connectivity index (χ2n) is 6.41. The molecule has 0 radical (unpaired) electrons. The Morgan fingerprint density at radius 3 is 2.84 bits per heavy atom. The minimum atomic E-state index is -0.106. The molecule has 2 aromatic heterocycles. The third-order valence-electron chi connectivity index (χ3n) is 4.51. The molecule has 0 aliphatic heterocycles. The van der Waals surface area contributed by atoms with E-state index in [2.05, 4.69) is 20.0 Å². The van der Waals surface area contributed by atoms with Gasteiger partial charge in [-0.2, -0.15) is 5.10 Å². The van der Waals surface area contributed by atoms with Gasteiger partial charge in [0, 0.05) is 44.0 Å². The van der Waals surface area contributed by atoms with Crippen LogP contribution in [-0.4, -0.2) is 31.8 Å². The summed E-state index contributed by atoms with van der Waals surface area (Å²) in [5, 5.41) is 7.43. The molecule has 0 spiro atoms. The molecule has 1 amide bonds. The molecule has 1 fully saturated rings. The van der Waals surface area contributed by atoms with Gasteiger partial charge in [0.05, 0.1) is 5.69 Å². The molecule has 3 aromatic rings. The van der Waals surface area contributed by atoms with Crippen LogP contribution in [0.1, 0.15) is 35.1 Å². The van der Waals surface area contributed by atoms with E-state index in [1.54, 1.807) is 11.7 Å². The predicted octanol–water partition coefficient (Wildman–Crippen LogP) is 2.59. The normalized spacial score (nSPS) is 13.8. The number of nitrogens with one attached hydrogen (secondary N) is 1. The fourth-order valence-electron chi connectivity index (χ4n) is 3.02. The minimum absolute atomic E-state index is 0.106. The van der Waals surface area contributed by atoms with Crippen molar-refractivity contribution in [1.82, 2.24) is 24.6 Å². The van der Waals surface area contributed by atoms with Crippen molar-refractivity contribution in [3.8, 4) is 11.3 Å². The molecule has 25 heavy (non-hydrogen) atoms. The van der Waals surface area contributed by atoms with Gasteiger partial charge in [0.2, 0.25) is 0 Å². The number of amides is 1. The maximum Gasteiger partial charge on any atom is 0.269 e. The molecular formula is C19H21N5O. The van der Waals surface area contributed by atoms with E-state index in [9.17, 15) is 4.79 Å². The first-order chi connectivity index (χ1) is 12.2. The Kier molecular flexibility index (Phi) is 4.09. The van der Waals surface area contributed by atoms with E-state index in [1.807, 2.05) is 48.8 Å². The summed E-state index contributed by atoms with van der Waals surface area (Å²) in [6.07, 6.45) is 6.27. The molecule has 1 N–H and O–H groups in total. The Morgan fingerprint density at radius 2 is 2.08 bits per heavy atom. The van der Waals surface area contributed by atoms with E-state index in [4.69, 9.17) is 0 Å². The Bertz CT molecular complexity index is 876. The Labute approximate surface area is 146 Å². The third-order valence-corrected chi connectivity index (χ3v) is 4.51. The molecule has 4 rings (SSSR count). The number of aromatic nitrogens is 4. The first-order valence-corrected chi connectivity index (χ1v) is 8.61. The van der Waals surface area contributed by atoms with Gasteiger partial charge in [-0.05, 0) is 18.9 Å². The Balaban J connectivity index is 1.39. The highest BCUT2D eigenvalue weighted by atomic mass is 16.2. The highest BCUT2D eigenvalue weighted by Gasteiger charge is 2.27. The zero-order chi connectivity index (χ0) is 17.2. The fraction of sp³-hybridized carbons (Fsp3) is 0.316. The van der Waals surface area contributed by atoms with Crippen LogP contribution in [0.5, 0.6) is 0 Å². The smallest absolute Gasteiger partial charge is 0.269 e. The van der Waals surface area contributed by atoms with Crippen LogP contribution in [0.4, 0.5) is 0 Å². The monoisotopic (exact) mass is 335 g/mol. The number of carbonyl (C=O) groups is 1. The molecule has 6 nitrogen and oxygen atoms in total. The van der Waals surface area contributed by atoms with Crippen molar-refractivity contribution < 1.29 is 4.79 Å². The van der Waals surface area contributed by atoms with Crippen LogP contribution in [0.3, 0.4) is 0 Å². The highest BCUT2D eigenvalue weighted by molar-refractivity contribution is 5.93. The van der Waals surface area contributed by atoms with Gasteiger partial charge < -0.3 is 9.88 Å². The number of rotatable bonds is 6. The number of hydrogen-bond acceptors (Lipinski definition) is 3. The summed E-state index contributed by atoms with van der Waals surface area (Å²) in [5.41, 5.74) is 2.37. The summed E-state index contributed by atoms with van der Waals surface area (Å²) < 4.78 is 3.76. The fourth-order valence-corrected chi connectivity index (χ4v) is 3.02. The van der Waals surface area contributed by atoms with Crippen LogP contribution >= 0.6 is 0 Å². The molecule has 1 aromatic carbocycles. The SMILES string of the molecule is Cn1nc(-c2ccccc2)cc1C(=O)NCCn1ccnc1C1CC1. The number of carbonyl (C=O) groups excluding carboxylic acids is 1. The van der Waals surface area contributed by atoms with Gasteiger partial charge in [0.25, 0.3) is 5.91 Å². The Morgan fingerprint density at radius 1 is 1.28 bits per heavy atom.